The number of hydrogen-bond acceptors (Lipinski definition) is 4. The van der Waals surface area contributed by atoms with Gasteiger partial charge in [-0.1, -0.05) is 35.3 Å². The number of para-hydroxylation sites is 1. The summed E-state index contributed by atoms with van der Waals surface area (Å²) < 4.78 is 5.66. The maximum atomic E-state index is 12.2. The SMILES string of the molecule is C[NH+](CC(=O)Nc1ccccc1Cl)Cc1nnc(-c2ccc(Cl)cc2)o1. The molecule has 0 saturated carbocycles. The molecule has 1 unspecified atom stereocenters. The molecule has 1 atom stereocenters. The molecule has 1 heterocycles. The van der Waals surface area contributed by atoms with Crippen molar-refractivity contribution in [2.75, 3.05) is 18.9 Å². The summed E-state index contributed by atoms with van der Waals surface area (Å²) in [6.07, 6.45) is 0. The van der Waals surface area contributed by atoms with Gasteiger partial charge in [0.05, 0.1) is 17.8 Å². The molecule has 3 aromatic rings. The van der Waals surface area contributed by atoms with Crippen LogP contribution in [-0.4, -0.2) is 29.7 Å². The van der Waals surface area contributed by atoms with E-state index in [9.17, 15) is 4.79 Å². The van der Waals surface area contributed by atoms with Crippen molar-refractivity contribution in [2.45, 2.75) is 6.54 Å². The third-order valence-electron chi connectivity index (χ3n) is 3.62. The Bertz CT molecular complexity index is 896. The Morgan fingerprint density at radius 3 is 2.58 bits per heavy atom. The predicted octanol–water partition coefficient (Wildman–Crippen LogP) is 2.70. The highest BCUT2D eigenvalue weighted by Gasteiger charge is 2.16. The van der Waals surface area contributed by atoms with Gasteiger partial charge in [0.1, 0.15) is 0 Å². The number of amides is 1. The lowest BCUT2D eigenvalue weighted by atomic mass is 10.2. The summed E-state index contributed by atoms with van der Waals surface area (Å²) >= 11 is 11.9. The Balaban J connectivity index is 1.56. The summed E-state index contributed by atoms with van der Waals surface area (Å²) in [5.41, 5.74) is 1.39. The van der Waals surface area contributed by atoms with Crippen LogP contribution < -0.4 is 10.2 Å². The minimum atomic E-state index is -0.145. The number of carbonyl (C=O) groups is 1. The average Bonchev–Trinajstić information content (AvgIpc) is 3.05. The molecule has 0 aliphatic heterocycles. The van der Waals surface area contributed by atoms with Crippen molar-refractivity contribution in [3.05, 3.63) is 64.5 Å². The van der Waals surface area contributed by atoms with Crippen LogP contribution in [-0.2, 0) is 11.3 Å². The fraction of sp³-hybridized carbons (Fsp3) is 0.167. The Hall–Kier alpha value is -2.41. The van der Waals surface area contributed by atoms with Crippen molar-refractivity contribution in [3.8, 4) is 11.5 Å². The van der Waals surface area contributed by atoms with Crippen LogP contribution in [0.1, 0.15) is 5.89 Å². The molecule has 0 aliphatic carbocycles. The molecule has 0 saturated heterocycles. The summed E-state index contributed by atoms with van der Waals surface area (Å²) in [5, 5.41) is 12.0. The molecule has 0 aliphatic rings. The van der Waals surface area contributed by atoms with E-state index in [1.165, 1.54) is 0 Å². The number of aromatic nitrogens is 2. The van der Waals surface area contributed by atoms with Crippen LogP contribution in [0.15, 0.2) is 52.9 Å². The highest BCUT2D eigenvalue weighted by Crippen LogP contribution is 2.20. The van der Waals surface area contributed by atoms with Crippen LogP contribution in [0.2, 0.25) is 10.0 Å². The number of rotatable bonds is 6. The van der Waals surface area contributed by atoms with Gasteiger partial charge in [0.2, 0.25) is 5.89 Å². The average molecular weight is 392 g/mol. The monoisotopic (exact) mass is 391 g/mol. The summed E-state index contributed by atoms with van der Waals surface area (Å²) in [6.45, 7) is 0.667. The number of likely N-dealkylation sites (N-methyl/N-ethyl adjacent to an activating group) is 1. The molecular formula is C18H17Cl2N4O2+. The number of anilines is 1. The Labute approximate surface area is 160 Å². The van der Waals surface area contributed by atoms with Crippen LogP contribution in [0, 0.1) is 0 Å². The highest BCUT2D eigenvalue weighted by molar-refractivity contribution is 6.33. The first-order chi connectivity index (χ1) is 12.5. The van der Waals surface area contributed by atoms with Gasteiger partial charge in [-0.2, -0.15) is 0 Å². The highest BCUT2D eigenvalue weighted by atomic mass is 35.5. The lowest BCUT2D eigenvalue weighted by Crippen LogP contribution is -3.08. The number of benzene rings is 2. The molecule has 0 spiro atoms. The van der Waals surface area contributed by atoms with E-state index in [0.29, 0.717) is 34.1 Å². The first-order valence-corrected chi connectivity index (χ1v) is 8.71. The molecule has 8 heteroatoms. The van der Waals surface area contributed by atoms with E-state index in [4.69, 9.17) is 27.6 Å². The molecule has 6 nitrogen and oxygen atoms in total. The van der Waals surface area contributed by atoms with Gasteiger partial charge < -0.3 is 14.6 Å². The fourth-order valence-electron chi connectivity index (χ4n) is 2.39. The second-order valence-electron chi connectivity index (χ2n) is 5.85. The third-order valence-corrected chi connectivity index (χ3v) is 4.20. The van der Waals surface area contributed by atoms with Crippen molar-refractivity contribution < 1.29 is 14.1 Å². The first kappa shape index (κ1) is 18.4. The van der Waals surface area contributed by atoms with Crippen LogP contribution >= 0.6 is 23.2 Å². The van der Waals surface area contributed by atoms with E-state index in [2.05, 4.69) is 15.5 Å². The maximum Gasteiger partial charge on any atom is 0.279 e. The van der Waals surface area contributed by atoms with Crippen LogP contribution in [0.3, 0.4) is 0 Å². The van der Waals surface area contributed by atoms with E-state index in [1.807, 2.05) is 31.3 Å². The van der Waals surface area contributed by atoms with Crippen LogP contribution in [0.4, 0.5) is 5.69 Å². The molecule has 134 valence electrons. The van der Waals surface area contributed by atoms with Gasteiger partial charge in [0.15, 0.2) is 13.1 Å². The van der Waals surface area contributed by atoms with E-state index in [0.717, 1.165) is 10.5 Å². The topological polar surface area (TPSA) is 72.5 Å². The van der Waals surface area contributed by atoms with Crippen molar-refractivity contribution in [3.63, 3.8) is 0 Å². The standard InChI is InChI=1S/C18H16Cl2N4O2/c1-24(10-16(25)21-15-5-3-2-4-14(15)20)11-17-22-23-18(26-17)12-6-8-13(19)9-7-12/h2-9H,10-11H2,1H3,(H,21,25)/p+1. The van der Waals surface area contributed by atoms with Gasteiger partial charge in [-0.25, -0.2) is 0 Å². The molecule has 26 heavy (non-hydrogen) atoms. The number of carbonyl (C=O) groups excluding carboxylic acids is 1. The van der Waals surface area contributed by atoms with Gasteiger partial charge in [-0.15, -0.1) is 10.2 Å². The molecule has 0 bridgehead atoms. The quantitative estimate of drug-likeness (QED) is 0.677. The van der Waals surface area contributed by atoms with E-state index in [1.54, 1.807) is 24.3 Å². The first-order valence-electron chi connectivity index (χ1n) is 7.95. The van der Waals surface area contributed by atoms with Gasteiger partial charge in [-0.3, -0.25) is 4.79 Å². The smallest absolute Gasteiger partial charge is 0.279 e. The maximum absolute atomic E-state index is 12.2. The number of quaternary nitrogens is 1. The Kier molecular flexibility index (Phi) is 5.88. The lowest BCUT2D eigenvalue weighted by Gasteiger charge is -2.12. The number of halogens is 2. The normalized spacial score (nSPS) is 12.0. The summed E-state index contributed by atoms with van der Waals surface area (Å²) in [4.78, 5) is 13.1. The summed E-state index contributed by atoms with van der Waals surface area (Å²) in [7, 11) is 1.87. The number of hydrogen-bond donors (Lipinski definition) is 2. The lowest BCUT2D eigenvalue weighted by molar-refractivity contribution is -0.886. The molecule has 1 amide bonds. The van der Waals surface area contributed by atoms with Gasteiger partial charge >= 0.3 is 0 Å². The van der Waals surface area contributed by atoms with Crippen molar-refractivity contribution >= 4 is 34.8 Å². The van der Waals surface area contributed by atoms with E-state index < -0.39 is 0 Å². The number of nitrogens with one attached hydrogen (secondary N) is 2. The zero-order valence-corrected chi connectivity index (χ0v) is 15.5. The molecular weight excluding hydrogens is 375 g/mol. The van der Waals surface area contributed by atoms with E-state index in [-0.39, 0.29) is 12.5 Å². The van der Waals surface area contributed by atoms with Gasteiger partial charge in [0, 0.05) is 10.6 Å². The Morgan fingerprint density at radius 2 is 1.85 bits per heavy atom. The summed E-state index contributed by atoms with van der Waals surface area (Å²) in [5.74, 6) is 0.732. The molecule has 1 aromatic heterocycles. The van der Waals surface area contributed by atoms with Crippen molar-refractivity contribution in [1.29, 1.82) is 0 Å². The number of nitrogens with zero attached hydrogens (tertiary/aromatic N) is 2. The molecule has 0 fully saturated rings. The zero-order valence-electron chi connectivity index (χ0n) is 14.0. The zero-order chi connectivity index (χ0) is 18.5. The Morgan fingerprint density at radius 1 is 1.12 bits per heavy atom. The van der Waals surface area contributed by atoms with Crippen LogP contribution in [0.5, 0.6) is 0 Å². The van der Waals surface area contributed by atoms with Gasteiger partial charge in [-0.05, 0) is 36.4 Å². The minimum Gasteiger partial charge on any atom is -0.415 e. The second-order valence-corrected chi connectivity index (χ2v) is 6.69. The molecule has 0 radical (unpaired) electrons. The van der Waals surface area contributed by atoms with E-state index >= 15 is 0 Å². The largest absolute Gasteiger partial charge is 0.415 e. The van der Waals surface area contributed by atoms with Crippen molar-refractivity contribution in [2.24, 2.45) is 0 Å². The molecule has 3 rings (SSSR count). The predicted molar refractivity (Wildman–Crippen MR) is 100 cm³/mol. The summed E-state index contributed by atoms with van der Waals surface area (Å²) in [6, 6.07) is 14.3. The van der Waals surface area contributed by atoms with Crippen molar-refractivity contribution in [1.82, 2.24) is 10.2 Å². The minimum absolute atomic E-state index is 0.145. The second kappa shape index (κ2) is 8.31. The fourth-order valence-corrected chi connectivity index (χ4v) is 2.69. The molecule has 2 N–H and O–H groups in total. The van der Waals surface area contributed by atoms with Crippen LogP contribution in [0.25, 0.3) is 11.5 Å². The third kappa shape index (κ3) is 4.82. The van der Waals surface area contributed by atoms with Gasteiger partial charge in [0.25, 0.3) is 11.8 Å². The molecule has 2 aromatic carbocycles.